The summed E-state index contributed by atoms with van der Waals surface area (Å²) >= 11 is 12.0. The van der Waals surface area contributed by atoms with Crippen LogP contribution in [-0.2, 0) is 0 Å². The van der Waals surface area contributed by atoms with Gasteiger partial charge in [0.25, 0.3) is 0 Å². The molecule has 0 amide bonds. The molecule has 2 rings (SSSR count). The van der Waals surface area contributed by atoms with Crippen molar-refractivity contribution in [3.63, 3.8) is 0 Å². The summed E-state index contributed by atoms with van der Waals surface area (Å²) in [5.74, 6) is 0.0152. The van der Waals surface area contributed by atoms with Gasteiger partial charge in [-0.3, -0.25) is 9.69 Å². The second-order valence-corrected chi connectivity index (χ2v) is 6.18. The molecule has 0 bridgehead atoms. The number of hydrogen-bond acceptors (Lipinski definition) is 3. The highest BCUT2D eigenvalue weighted by molar-refractivity contribution is 6.36. The van der Waals surface area contributed by atoms with Gasteiger partial charge >= 0.3 is 0 Å². The van der Waals surface area contributed by atoms with E-state index in [1.165, 1.54) is 25.9 Å². The van der Waals surface area contributed by atoms with Crippen LogP contribution in [0, 0.1) is 0 Å². The number of carbonyl (C=O) groups excluding carboxylic acids is 1. The van der Waals surface area contributed by atoms with Crippen LogP contribution >= 0.6 is 23.2 Å². The number of likely N-dealkylation sites (N-methyl/N-ethyl adjacent to an activating group) is 1. The van der Waals surface area contributed by atoms with Crippen molar-refractivity contribution < 1.29 is 4.79 Å². The van der Waals surface area contributed by atoms with E-state index in [9.17, 15) is 4.79 Å². The molecule has 110 valence electrons. The SMILES string of the molecule is CN(CCN1CCCC1)CC(=O)c1cc(Cl)ccc1Cl. The minimum Gasteiger partial charge on any atom is -0.302 e. The van der Waals surface area contributed by atoms with Crippen molar-refractivity contribution in [2.45, 2.75) is 12.8 Å². The zero-order valence-corrected chi connectivity index (χ0v) is 13.3. The quantitative estimate of drug-likeness (QED) is 0.753. The average Bonchev–Trinajstić information content (AvgIpc) is 2.92. The molecule has 1 aliphatic heterocycles. The molecule has 0 unspecified atom stereocenters. The third-order valence-corrected chi connectivity index (χ3v) is 4.20. The summed E-state index contributed by atoms with van der Waals surface area (Å²) in [6.07, 6.45) is 2.58. The van der Waals surface area contributed by atoms with Gasteiger partial charge in [-0.1, -0.05) is 23.2 Å². The lowest BCUT2D eigenvalue weighted by Gasteiger charge is -2.20. The molecule has 0 aromatic heterocycles. The summed E-state index contributed by atoms with van der Waals surface area (Å²) in [5, 5.41) is 1.00. The topological polar surface area (TPSA) is 23.6 Å². The fraction of sp³-hybridized carbons (Fsp3) is 0.533. The standard InChI is InChI=1S/C15H20Cl2N2O/c1-18(8-9-19-6-2-3-7-19)11-15(20)13-10-12(16)4-5-14(13)17/h4-5,10H,2-3,6-9,11H2,1H3. The average molecular weight is 315 g/mol. The second kappa shape index (κ2) is 7.41. The fourth-order valence-electron chi connectivity index (χ4n) is 2.44. The highest BCUT2D eigenvalue weighted by Crippen LogP contribution is 2.21. The van der Waals surface area contributed by atoms with Crippen molar-refractivity contribution in [3.8, 4) is 0 Å². The number of Topliss-reactive ketones (excluding diaryl/α,β-unsaturated/α-hetero) is 1. The summed E-state index contributed by atoms with van der Waals surface area (Å²) in [6.45, 7) is 4.65. The van der Waals surface area contributed by atoms with E-state index in [0.717, 1.165) is 13.1 Å². The summed E-state index contributed by atoms with van der Waals surface area (Å²) in [4.78, 5) is 16.7. The third-order valence-electron chi connectivity index (χ3n) is 3.64. The van der Waals surface area contributed by atoms with Crippen LogP contribution in [0.15, 0.2) is 18.2 Å². The van der Waals surface area contributed by atoms with Crippen LogP contribution in [0.2, 0.25) is 10.0 Å². The Kier molecular flexibility index (Phi) is 5.85. The Morgan fingerprint density at radius 2 is 2.00 bits per heavy atom. The number of nitrogens with zero attached hydrogens (tertiary/aromatic N) is 2. The molecule has 0 atom stereocenters. The van der Waals surface area contributed by atoms with Crippen LogP contribution < -0.4 is 0 Å². The van der Waals surface area contributed by atoms with Gasteiger partial charge in [0.2, 0.25) is 0 Å². The van der Waals surface area contributed by atoms with Crippen molar-refractivity contribution >= 4 is 29.0 Å². The number of rotatable bonds is 6. The summed E-state index contributed by atoms with van der Waals surface area (Å²) in [6, 6.07) is 5.00. The van der Waals surface area contributed by atoms with Crippen molar-refractivity contribution in [2.24, 2.45) is 0 Å². The van der Waals surface area contributed by atoms with Gasteiger partial charge in [0.15, 0.2) is 5.78 Å². The van der Waals surface area contributed by atoms with Crippen molar-refractivity contribution in [1.29, 1.82) is 0 Å². The van der Waals surface area contributed by atoms with Gasteiger partial charge in [-0.15, -0.1) is 0 Å². The van der Waals surface area contributed by atoms with E-state index in [-0.39, 0.29) is 5.78 Å². The Bertz CT molecular complexity index is 473. The number of ketones is 1. The first-order valence-electron chi connectivity index (χ1n) is 6.95. The van der Waals surface area contributed by atoms with E-state index in [0.29, 0.717) is 22.2 Å². The van der Waals surface area contributed by atoms with Crippen LogP contribution in [0.25, 0.3) is 0 Å². The fourth-order valence-corrected chi connectivity index (χ4v) is 2.83. The first-order chi connectivity index (χ1) is 9.56. The van der Waals surface area contributed by atoms with Gasteiger partial charge < -0.3 is 4.90 Å². The molecule has 0 radical (unpaired) electrons. The highest BCUT2D eigenvalue weighted by Gasteiger charge is 2.15. The van der Waals surface area contributed by atoms with Crippen LogP contribution in [-0.4, -0.2) is 55.4 Å². The van der Waals surface area contributed by atoms with Crippen LogP contribution in [0.1, 0.15) is 23.2 Å². The van der Waals surface area contributed by atoms with Gasteiger partial charge in [-0.2, -0.15) is 0 Å². The normalized spacial score (nSPS) is 16.0. The largest absolute Gasteiger partial charge is 0.302 e. The smallest absolute Gasteiger partial charge is 0.178 e. The number of halogens is 2. The van der Waals surface area contributed by atoms with E-state index in [2.05, 4.69) is 4.90 Å². The number of carbonyl (C=O) groups is 1. The Hall–Kier alpha value is -0.610. The van der Waals surface area contributed by atoms with Gasteiger partial charge in [-0.25, -0.2) is 0 Å². The molecule has 0 N–H and O–H groups in total. The second-order valence-electron chi connectivity index (χ2n) is 5.33. The lowest BCUT2D eigenvalue weighted by Crippen LogP contribution is -2.34. The van der Waals surface area contributed by atoms with Gasteiger partial charge in [0.1, 0.15) is 0 Å². The maximum absolute atomic E-state index is 12.2. The maximum Gasteiger partial charge on any atom is 0.178 e. The minimum absolute atomic E-state index is 0.0152. The minimum atomic E-state index is 0.0152. The zero-order valence-electron chi connectivity index (χ0n) is 11.7. The van der Waals surface area contributed by atoms with Gasteiger partial charge in [0, 0.05) is 23.7 Å². The molecule has 1 fully saturated rings. The Morgan fingerprint density at radius 1 is 1.30 bits per heavy atom. The molecule has 1 heterocycles. The highest BCUT2D eigenvalue weighted by atomic mass is 35.5. The van der Waals surface area contributed by atoms with E-state index in [1.54, 1.807) is 18.2 Å². The van der Waals surface area contributed by atoms with Crippen molar-refractivity contribution in [2.75, 3.05) is 39.8 Å². The lowest BCUT2D eigenvalue weighted by atomic mass is 10.1. The molecule has 0 spiro atoms. The maximum atomic E-state index is 12.2. The molecule has 1 aliphatic rings. The molecule has 0 aliphatic carbocycles. The molecular formula is C15H20Cl2N2O. The number of likely N-dealkylation sites (tertiary alicyclic amines) is 1. The monoisotopic (exact) mass is 314 g/mol. The van der Waals surface area contributed by atoms with E-state index in [4.69, 9.17) is 23.2 Å². The molecule has 5 heteroatoms. The zero-order chi connectivity index (χ0) is 14.5. The number of hydrogen-bond donors (Lipinski definition) is 0. The molecule has 1 aromatic carbocycles. The Morgan fingerprint density at radius 3 is 2.70 bits per heavy atom. The Balaban J connectivity index is 1.85. The third kappa shape index (κ3) is 4.45. The van der Waals surface area contributed by atoms with E-state index >= 15 is 0 Å². The van der Waals surface area contributed by atoms with Gasteiger partial charge in [0.05, 0.1) is 11.6 Å². The molecule has 3 nitrogen and oxygen atoms in total. The molecular weight excluding hydrogens is 295 g/mol. The predicted octanol–water partition coefficient (Wildman–Crippen LogP) is 3.20. The Labute approximate surface area is 130 Å². The summed E-state index contributed by atoms with van der Waals surface area (Å²) < 4.78 is 0. The molecule has 1 saturated heterocycles. The van der Waals surface area contributed by atoms with Crippen molar-refractivity contribution in [3.05, 3.63) is 33.8 Å². The van der Waals surface area contributed by atoms with Crippen LogP contribution in [0.4, 0.5) is 0 Å². The van der Waals surface area contributed by atoms with E-state index in [1.807, 2.05) is 11.9 Å². The van der Waals surface area contributed by atoms with E-state index < -0.39 is 0 Å². The summed E-state index contributed by atoms with van der Waals surface area (Å²) in [7, 11) is 1.96. The molecule has 1 aromatic rings. The van der Waals surface area contributed by atoms with Gasteiger partial charge in [-0.05, 0) is 51.2 Å². The molecule has 0 saturated carbocycles. The first kappa shape index (κ1) is 15.8. The predicted molar refractivity (Wildman–Crippen MR) is 84.0 cm³/mol. The number of benzene rings is 1. The van der Waals surface area contributed by atoms with Crippen molar-refractivity contribution in [1.82, 2.24) is 9.80 Å². The first-order valence-corrected chi connectivity index (χ1v) is 7.71. The van der Waals surface area contributed by atoms with Crippen LogP contribution in [0.3, 0.4) is 0 Å². The van der Waals surface area contributed by atoms with Crippen LogP contribution in [0.5, 0.6) is 0 Å². The lowest BCUT2D eigenvalue weighted by molar-refractivity contribution is 0.0941. The summed E-state index contributed by atoms with van der Waals surface area (Å²) in [5.41, 5.74) is 0.507. The molecule has 20 heavy (non-hydrogen) atoms.